The molecule has 1 unspecified atom stereocenters. The van der Waals surface area contributed by atoms with E-state index < -0.39 is 6.04 Å². The Morgan fingerprint density at radius 1 is 1.43 bits per heavy atom. The number of carbonyl (C=O) groups excluding carboxylic acids is 2. The third kappa shape index (κ3) is 2.80. The molecule has 108 valence electrons. The second-order valence-corrected chi connectivity index (χ2v) is 5.61. The molecule has 2 N–H and O–H groups in total. The number of benzene rings is 1. The Labute approximate surface area is 128 Å². The van der Waals surface area contributed by atoms with Crippen LogP contribution in [0.1, 0.15) is 18.3 Å². The third-order valence-electron chi connectivity index (χ3n) is 3.08. The Morgan fingerprint density at radius 2 is 2.14 bits per heavy atom. The average molecular weight is 350 g/mol. The number of carbonyl (C=O) groups is 2. The summed E-state index contributed by atoms with van der Waals surface area (Å²) in [6.07, 6.45) is 0.0116. The van der Waals surface area contributed by atoms with Gasteiger partial charge < -0.3 is 5.32 Å². The molecule has 1 aliphatic rings. The summed E-state index contributed by atoms with van der Waals surface area (Å²) in [4.78, 5) is 28.0. The summed E-state index contributed by atoms with van der Waals surface area (Å²) in [5, 5.41) is 9.49. The van der Waals surface area contributed by atoms with E-state index in [4.69, 9.17) is 0 Å². The lowest BCUT2D eigenvalue weighted by Crippen LogP contribution is -2.23. The maximum atomic E-state index is 12.1. The van der Waals surface area contributed by atoms with E-state index in [2.05, 4.69) is 36.6 Å². The van der Waals surface area contributed by atoms with Crippen LogP contribution in [0, 0.1) is 6.92 Å². The molecule has 0 radical (unpaired) electrons. The standard InChI is InChI=1S/C13H12BrN5O2/c1-7-15-13-17-12(21)10(19(13)18-7)6-11(20)16-9-4-2-8(14)3-5-9/h2-5,10H,6H2,1H3,(H,16,20)(H,15,17,18,21). The van der Waals surface area contributed by atoms with Gasteiger partial charge in [-0.1, -0.05) is 15.9 Å². The van der Waals surface area contributed by atoms with E-state index in [0.29, 0.717) is 17.5 Å². The number of nitrogens with one attached hydrogen (secondary N) is 2. The summed E-state index contributed by atoms with van der Waals surface area (Å²) in [6.45, 7) is 1.73. The van der Waals surface area contributed by atoms with Gasteiger partial charge in [0.15, 0.2) is 0 Å². The van der Waals surface area contributed by atoms with E-state index in [1.54, 1.807) is 19.1 Å². The minimum absolute atomic E-state index is 0.0116. The van der Waals surface area contributed by atoms with E-state index in [-0.39, 0.29) is 18.2 Å². The summed E-state index contributed by atoms with van der Waals surface area (Å²) in [7, 11) is 0. The molecule has 1 aliphatic heterocycles. The molecule has 0 saturated carbocycles. The van der Waals surface area contributed by atoms with Gasteiger partial charge in [0, 0.05) is 10.2 Å². The van der Waals surface area contributed by atoms with Crippen LogP contribution >= 0.6 is 15.9 Å². The van der Waals surface area contributed by atoms with Crippen LogP contribution < -0.4 is 10.6 Å². The molecule has 1 aromatic heterocycles. The van der Waals surface area contributed by atoms with Crippen LogP contribution in [0.3, 0.4) is 0 Å². The minimum Gasteiger partial charge on any atom is -0.326 e. The molecule has 2 aromatic rings. The highest BCUT2D eigenvalue weighted by Crippen LogP contribution is 2.25. The van der Waals surface area contributed by atoms with Gasteiger partial charge in [0.05, 0.1) is 6.42 Å². The Morgan fingerprint density at radius 3 is 2.86 bits per heavy atom. The minimum atomic E-state index is -0.656. The predicted molar refractivity (Wildman–Crippen MR) is 79.8 cm³/mol. The molecule has 2 amide bonds. The van der Waals surface area contributed by atoms with Crippen LogP contribution in [0.25, 0.3) is 0 Å². The normalized spacial score (nSPS) is 16.5. The average Bonchev–Trinajstić information content (AvgIpc) is 2.90. The number of anilines is 2. The number of hydrogen-bond acceptors (Lipinski definition) is 4. The third-order valence-corrected chi connectivity index (χ3v) is 3.61. The van der Waals surface area contributed by atoms with Crippen molar-refractivity contribution in [3.63, 3.8) is 0 Å². The molecule has 1 atom stereocenters. The predicted octanol–water partition coefficient (Wildman–Crippen LogP) is 1.87. The number of nitrogens with zero attached hydrogens (tertiary/aromatic N) is 3. The van der Waals surface area contributed by atoms with Crippen LogP contribution in [0.15, 0.2) is 28.7 Å². The van der Waals surface area contributed by atoms with Gasteiger partial charge in [-0.2, -0.15) is 10.1 Å². The second-order valence-electron chi connectivity index (χ2n) is 4.69. The molecular formula is C13H12BrN5O2. The summed E-state index contributed by atoms with van der Waals surface area (Å²) in [5.41, 5.74) is 0.677. The Bertz CT molecular complexity index is 710. The lowest BCUT2D eigenvalue weighted by molar-refractivity contribution is -0.123. The monoisotopic (exact) mass is 349 g/mol. The number of amides is 2. The molecule has 0 aliphatic carbocycles. The van der Waals surface area contributed by atoms with Gasteiger partial charge in [-0.05, 0) is 31.2 Å². The molecule has 1 aromatic carbocycles. The molecule has 2 heterocycles. The van der Waals surface area contributed by atoms with Crippen molar-refractivity contribution in [2.45, 2.75) is 19.4 Å². The van der Waals surface area contributed by atoms with Crippen molar-refractivity contribution >= 4 is 39.4 Å². The molecule has 7 nitrogen and oxygen atoms in total. The van der Waals surface area contributed by atoms with E-state index in [9.17, 15) is 9.59 Å². The first-order valence-corrected chi connectivity index (χ1v) is 7.11. The Kier molecular flexibility index (Phi) is 3.46. The van der Waals surface area contributed by atoms with Gasteiger partial charge in [-0.3, -0.25) is 14.9 Å². The smallest absolute Gasteiger partial charge is 0.252 e. The fourth-order valence-corrected chi connectivity index (χ4v) is 2.40. The molecule has 0 fully saturated rings. The van der Waals surface area contributed by atoms with Crippen molar-refractivity contribution in [1.29, 1.82) is 0 Å². The molecule has 0 saturated heterocycles. The van der Waals surface area contributed by atoms with Gasteiger partial charge in [0.25, 0.3) is 5.91 Å². The van der Waals surface area contributed by atoms with Gasteiger partial charge in [-0.15, -0.1) is 0 Å². The van der Waals surface area contributed by atoms with E-state index in [1.165, 1.54) is 4.68 Å². The SMILES string of the molecule is Cc1nc2n(n1)C(CC(=O)Nc1ccc(Br)cc1)C(=O)N2. The summed E-state index contributed by atoms with van der Waals surface area (Å²) < 4.78 is 2.39. The molecule has 0 spiro atoms. The summed E-state index contributed by atoms with van der Waals surface area (Å²) >= 11 is 3.33. The molecule has 21 heavy (non-hydrogen) atoms. The zero-order valence-electron chi connectivity index (χ0n) is 11.1. The largest absolute Gasteiger partial charge is 0.326 e. The van der Waals surface area contributed by atoms with Gasteiger partial charge in [-0.25, -0.2) is 4.68 Å². The van der Waals surface area contributed by atoms with Crippen molar-refractivity contribution in [3.8, 4) is 0 Å². The van der Waals surface area contributed by atoms with Crippen LogP contribution in [0.2, 0.25) is 0 Å². The first-order valence-electron chi connectivity index (χ1n) is 6.32. The van der Waals surface area contributed by atoms with E-state index in [0.717, 1.165) is 4.47 Å². The lowest BCUT2D eigenvalue weighted by atomic mass is 10.2. The summed E-state index contributed by atoms with van der Waals surface area (Å²) in [5.74, 6) is 0.427. The van der Waals surface area contributed by atoms with Crippen LogP contribution in [-0.4, -0.2) is 26.6 Å². The zero-order chi connectivity index (χ0) is 15.0. The van der Waals surface area contributed by atoms with Crippen LogP contribution in [0.5, 0.6) is 0 Å². The first-order chi connectivity index (χ1) is 10.0. The van der Waals surface area contributed by atoms with Crippen molar-refractivity contribution < 1.29 is 9.59 Å². The van der Waals surface area contributed by atoms with Crippen molar-refractivity contribution in [2.75, 3.05) is 10.6 Å². The topological polar surface area (TPSA) is 88.9 Å². The lowest BCUT2D eigenvalue weighted by Gasteiger charge is -2.09. The van der Waals surface area contributed by atoms with Crippen LogP contribution in [-0.2, 0) is 9.59 Å². The van der Waals surface area contributed by atoms with Crippen molar-refractivity contribution in [2.24, 2.45) is 0 Å². The fourth-order valence-electron chi connectivity index (χ4n) is 2.14. The molecule has 3 rings (SSSR count). The molecular weight excluding hydrogens is 338 g/mol. The molecule has 0 bridgehead atoms. The number of aryl methyl sites for hydroxylation is 1. The Balaban J connectivity index is 1.70. The fraction of sp³-hybridized carbons (Fsp3) is 0.231. The zero-order valence-corrected chi connectivity index (χ0v) is 12.7. The second kappa shape index (κ2) is 5.28. The van der Waals surface area contributed by atoms with Gasteiger partial charge in [0.1, 0.15) is 11.9 Å². The number of fused-ring (bicyclic) bond motifs is 1. The maximum Gasteiger partial charge on any atom is 0.252 e. The quantitative estimate of drug-likeness (QED) is 0.885. The van der Waals surface area contributed by atoms with Gasteiger partial charge in [0.2, 0.25) is 11.9 Å². The highest BCUT2D eigenvalue weighted by molar-refractivity contribution is 9.10. The number of rotatable bonds is 3. The first kappa shape index (κ1) is 13.7. The summed E-state index contributed by atoms with van der Waals surface area (Å²) in [6, 6.07) is 6.56. The van der Waals surface area contributed by atoms with Crippen molar-refractivity contribution in [3.05, 3.63) is 34.6 Å². The van der Waals surface area contributed by atoms with Crippen LogP contribution in [0.4, 0.5) is 11.6 Å². The highest BCUT2D eigenvalue weighted by atomic mass is 79.9. The number of aromatic nitrogens is 3. The van der Waals surface area contributed by atoms with E-state index in [1.807, 2.05) is 12.1 Å². The van der Waals surface area contributed by atoms with Crippen molar-refractivity contribution in [1.82, 2.24) is 14.8 Å². The van der Waals surface area contributed by atoms with E-state index >= 15 is 0 Å². The molecule has 8 heteroatoms. The van der Waals surface area contributed by atoms with Gasteiger partial charge >= 0.3 is 0 Å². The number of halogens is 1. The number of hydrogen-bond donors (Lipinski definition) is 2. The Hall–Kier alpha value is -2.22. The highest BCUT2D eigenvalue weighted by Gasteiger charge is 2.34. The maximum absolute atomic E-state index is 12.1.